The monoisotopic (exact) mass is 411 g/mol. The molecule has 30 heavy (non-hydrogen) atoms. The zero-order chi connectivity index (χ0) is 21.9. The molecule has 3 rings (SSSR count). The maximum Gasteiger partial charge on any atom is 0.325 e. The van der Waals surface area contributed by atoms with Gasteiger partial charge in [0.2, 0.25) is 5.91 Å². The third-order valence-corrected chi connectivity index (χ3v) is 6.06. The lowest BCUT2D eigenvalue weighted by Gasteiger charge is -2.24. The van der Waals surface area contributed by atoms with Crippen LogP contribution in [0.2, 0.25) is 0 Å². The summed E-state index contributed by atoms with van der Waals surface area (Å²) in [7, 11) is 0. The van der Waals surface area contributed by atoms with Gasteiger partial charge in [-0.25, -0.2) is 4.79 Å². The van der Waals surface area contributed by atoms with E-state index in [2.05, 4.69) is 37.5 Å². The number of amides is 4. The highest BCUT2D eigenvalue weighted by atomic mass is 16.2. The fourth-order valence-electron chi connectivity index (χ4n) is 4.03. The van der Waals surface area contributed by atoms with Gasteiger partial charge in [0.05, 0.1) is 0 Å². The molecular formula is C24H33N3O3. The Morgan fingerprint density at radius 1 is 1.17 bits per heavy atom. The first-order chi connectivity index (χ1) is 14.1. The Hall–Kier alpha value is -2.63. The predicted molar refractivity (Wildman–Crippen MR) is 117 cm³/mol. The highest BCUT2D eigenvalue weighted by Crippen LogP contribution is 2.31. The Labute approximate surface area is 179 Å². The highest BCUT2D eigenvalue weighted by molar-refractivity contribution is 6.09. The maximum absolute atomic E-state index is 13.0. The van der Waals surface area contributed by atoms with Gasteiger partial charge in [0.25, 0.3) is 5.91 Å². The van der Waals surface area contributed by atoms with Crippen LogP contribution in [0.1, 0.15) is 70.9 Å². The molecule has 6 nitrogen and oxygen atoms in total. The Morgan fingerprint density at radius 2 is 1.87 bits per heavy atom. The highest BCUT2D eigenvalue weighted by Gasteiger charge is 2.49. The standard InChI is InChI=1S/C24H33N3O3/c1-23(2,3)18-10-12-19(13-11-18)24(4)21(29)27(22(30)26-24)16-20(28)25-15-14-17-8-6-5-7-9-17/h8,10-13H,5-7,9,14-16H2,1-4H3,(H,25,28)(H,26,30). The minimum Gasteiger partial charge on any atom is -0.354 e. The van der Waals surface area contributed by atoms with Crippen LogP contribution in [0.15, 0.2) is 35.9 Å². The van der Waals surface area contributed by atoms with Crippen LogP contribution in [-0.2, 0) is 20.5 Å². The normalized spacial score (nSPS) is 22.0. The minimum absolute atomic E-state index is 0.000162. The van der Waals surface area contributed by atoms with Crippen LogP contribution in [0, 0.1) is 0 Å². The van der Waals surface area contributed by atoms with Crippen molar-refractivity contribution < 1.29 is 14.4 Å². The van der Waals surface area contributed by atoms with Gasteiger partial charge in [0, 0.05) is 6.54 Å². The molecule has 1 aliphatic carbocycles. The van der Waals surface area contributed by atoms with Crippen molar-refractivity contribution in [2.75, 3.05) is 13.1 Å². The van der Waals surface area contributed by atoms with Crippen LogP contribution in [0.5, 0.6) is 0 Å². The number of allylic oxidation sites excluding steroid dienone is 1. The van der Waals surface area contributed by atoms with Crippen molar-refractivity contribution >= 4 is 17.8 Å². The van der Waals surface area contributed by atoms with Crippen molar-refractivity contribution in [3.8, 4) is 0 Å². The van der Waals surface area contributed by atoms with Gasteiger partial charge < -0.3 is 10.6 Å². The first-order valence-electron chi connectivity index (χ1n) is 10.8. The van der Waals surface area contributed by atoms with E-state index in [1.807, 2.05) is 24.3 Å². The molecule has 162 valence electrons. The fourth-order valence-corrected chi connectivity index (χ4v) is 4.03. The molecule has 4 amide bonds. The smallest absolute Gasteiger partial charge is 0.325 e. The molecule has 2 aliphatic rings. The van der Waals surface area contributed by atoms with Gasteiger partial charge >= 0.3 is 6.03 Å². The van der Waals surface area contributed by atoms with E-state index in [-0.39, 0.29) is 17.9 Å². The molecule has 6 heteroatoms. The topological polar surface area (TPSA) is 78.5 Å². The van der Waals surface area contributed by atoms with Gasteiger partial charge in [0.15, 0.2) is 0 Å². The minimum atomic E-state index is -1.17. The lowest BCUT2D eigenvalue weighted by Crippen LogP contribution is -2.43. The summed E-state index contributed by atoms with van der Waals surface area (Å²) in [5, 5.41) is 5.60. The van der Waals surface area contributed by atoms with Crippen molar-refractivity contribution in [2.24, 2.45) is 0 Å². The Balaban J connectivity index is 1.60. The van der Waals surface area contributed by atoms with Crippen molar-refractivity contribution in [3.63, 3.8) is 0 Å². The number of benzene rings is 1. The van der Waals surface area contributed by atoms with E-state index >= 15 is 0 Å². The fraction of sp³-hybridized carbons (Fsp3) is 0.542. The Kier molecular flexibility index (Phi) is 6.34. The molecule has 1 unspecified atom stereocenters. The van der Waals surface area contributed by atoms with E-state index in [4.69, 9.17) is 0 Å². The summed E-state index contributed by atoms with van der Waals surface area (Å²) in [5.74, 6) is -0.719. The molecular weight excluding hydrogens is 378 g/mol. The number of carbonyl (C=O) groups excluding carboxylic acids is 3. The van der Waals surface area contributed by atoms with Gasteiger partial charge in [-0.3, -0.25) is 14.5 Å². The molecule has 2 N–H and O–H groups in total. The number of imide groups is 1. The second-order valence-electron chi connectivity index (χ2n) is 9.48. The second kappa shape index (κ2) is 8.62. The summed E-state index contributed by atoms with van der Waals surface area (Å²) < 4.78 is 0. The molecule has 1 atom stereocenters. The number of nitrogens with one attached hydrogen (secondary N) is 2. The van der Waals surface area contributed by atoms with Crippen molar-refractivity contribution in [1.82, 2.24) is 15.5 Å². The molecule has 1 heterocycles. The number of urea groups is 1. The number of rotatable bonds is 6. The van der Waals surface area contributed by atoms with E-state index < -0.39 is 17.5 Å². The Morgan fingerprint density at radius 3 is 2.47 bits per heavy atom. The van der Waals surface area contributed by atoms with Crippen LogP contribution in [0.25, 0.3) is 0 Å². The molecule has 1 aromatic carbocycles. The SMILES string of the molecule is CC(C)(C)c1ccc(C2(C)NC(=O)N(CC(=O)NCCC3=CCCCC3)C2=O)cc1. The third-order valence-electron chi connectivity index (χ3n) is 6.06. The molecule has 0 aromatic heterocycles. The summed E-state index contributed by atoms with van der Waals surface area (Å²) in [4.78, 5) is 38.8. The number of hydrogen-bond acceptors (Lipinski definition) is 3. The predicted octanol–water partition coefficient (Wildman–Crippen LogP) is 3.76. The maximum atomic E-state index is 13.0. The first-order valence-corrected chi connectivity index (χ1v) is 10.8. The van der Waals surface area contributed by atoms with Crippen molar-refractivity contribution in [2.45, 2.75) is 70.8 Å². The van der Waals surface area contributed by atoms with Gasteiger partial charge in [-0.15, -0.1) is 0 Å². The number of hydrogen-bond donors (Lipinski definition) is 2. The molecule has 1 aliphatic heterocycles. The van der Waals surface area contributed by atoms with E-state index in [0.29, 0.717) is 12.1 Å². The quantitative estimate of drug-likeness (QED) is 0.553. The van der Waals surface area contributed by atoms with Crippen LogP contribution in [0.3, 0.4) is 0 Å². The van der Waals surface area contributed by atoms with Crippen LogP contribution in [-0.4, -0.2) is 35.8 Å². The van der Waals surface area contributed by atoms with Crippen LogP contribution < -0.4 is 10.6 Å². The number of carbonyl (C=O) groups is 3. The van der Waals surface area contributed by atoms with E-state index in [1.165, 1.54) is 18.4 Å². The summed E-state index contributed by atoms with van der Waals surface area (Å²) in [6, 6.07) is 7.18. The summed E-state index contributed by atoms with van der Waals surface area (Å²) in [6.07, 6.45) is 7.72. The summed E-state index contributed by atoms with van der Waals surface area (Å²) >= 11 is 0. The largest absolute Gasteiger partial charge is 0.354 e. The molecule has 1 saturated heterocycles. The van der Waals surface area contributed by atoms with Crippen LogP contribution in [0.4, 0.5) is 4.79 Å². The molecule has 1 fully saturated rings. The third kappa shape index (κ3) is 4.74. The van der Waals surface area contributed by atoms with E-state index in [9.17, 15) is 14.4 Å². The van der Waals surface area contributed by atoms with Crippen molar-refractivity contribution in [1.29, 1.82) is 0 Å². The lowest BCUT2D eigenvalue weighted by atomic mass is 9.84. The van der Waals surface area contributed by atoms with Gasteiger partial charge in [-0.2, -0.15) is 0 Å². The van der Waals surface area contributed by atoms with Gasteiger partial charge in [-0.1, -0.05) is 56.7 Å². The molecule has 0 bridgehead atoms. The molecule has 0 radical (unpaired) electrons. The Bertz CT molecular complexity index is 851. The molecule has 0 saturated carbocycles. The number of nitrogens with zero attached hydrogens (tertiary/aromatic N) is 1. The average Bonchev–Trinajstić information content (AvgIpc) is 2.92. The van der Waals surface area contributed by atoms with Crippen LogP contribution >= 0.6 is 0 Å². The molecule has 0 spiro atoms. The summed E-state index contributed by atoms with van der Waals surface area (Å²) in [6.45, 7) is 8.32. The first kappa shape index (κ1) is 22.1. The van der Waals surface area contributed by atoms with E-state index in [0.717, 1.165) is 29.7 Å². The lowest BCUT2D eigenvalue weighted by molar-refractivity contribution is -0.134. The zero-order valence-electron chi connectivity index (χ0n) is 18.5. The van der Waals surface area contributed by atoms with Gasteiger partial charge in [-0.05, 0) is 55.6 Å². The zero-order valence-corrected chi connectivity index (χ0v) is 18.5. The molecule has 1 aromatic rings. The summed E-state index contributed by atoms with van der Waals surface area (Å²) in [5.41, 5.74) is 2.07. The second-order valence-corrected chi connectivity index (χ2v) is 9.48. The van der Waals surface area contributed by atoms with Crippen molar-refractivity contribution in [3.05, 3.63) is 47.0 Å². The average molecular weight is 412 g/mol. The van der Waals surface area contributed by atoms with E-state index in [1.54, 1.807) is 6.92 Å². The van der Waals surface area contributed by atoms with Gasteiger partial charge in [0.1, 0.15) is 12.1 Å².